The summed E-state index contributed by atoms with van der Waals surface area (Å²) in [6.07, 6.45) is 12.2. The predicted molar refractivity (Wildman–Crippen MR) is 119 cm³/mol. The van der Waals surface area contributed by atoms with Crippen molar-refractivity contribution in [1.29, 1.82) is 0 Å². The molecule has 1 unspecified atom stereocenters. The number of carboxylic acid groups (broad SMARTS) is 2. The maximum Gasteiger partial charge on any atom is 0.328 e. The number of hydrogen-bond donors (Lipinski definition) is 3. The van der Waals surface area contributed by atoms with Gasteiger partial charge in [-0.1, -0.05) is 34.9 Å². The van der Waals surface area contributed by atoms with E-state index in [1.807, 2.05) is 0 Å². The van der Waals surface area contributed by atoms with E-state index in [0.717, 1.165) is 31.8 Å². The first-order valence-electron chi connectivity index (χ1n) is 9.58. The average Bonchev–Trinajstić information content (AvgIpc) is 2.61. The Morgan fingerprint density at radius 2 is 1.48 bits per heavy atom. The van der Waals surface area contributed by atoms with E-state index >= 15 is 0 Å². The summed E-state index contributed by atoms with van der Waals surface area (Å²) in [4.78, 5) is 33.1. The van der Waals surface area contributed by atoms with Crippen LogP contribution in [-0.4, -0.2) is 45.6 Å². The van der Waals surface area contributed by atoms with Gasteiger partial charge in [0.25, 0.3) is 0 Å². The number of allylic oxidation sites excluding steroid dienone is 5. The lowest BCUT2D eigenvalue weighted by Gasteiger charge is -2.12. The van der Waals surface area contributed by atoms with Crippen LogP contribution in [-0.2, 0) is 14.4 Å². The van der Waals surface area contributed by atoms with E-state index in [2.05, 4.69) is 51.2 Å². The van der Waals surface area contributed by atoms with Gasteiger partial charge in [0.1, 0.15) is 6.04 Å². The summed E-state index contributed by atoms with van der Waals surface area (Å²) < 4.78 is 0. The number of carboxylic acids is 2. The Labute approximate surface area is 177 Å². The normalized spacial score (nSPS) is 13.2. The van der Waals surface area contributed by atoms with Crippen molar-refractivity contribution in [3.63, 3.8) is 0 Å². The highest BCUT2D eigenvalue weighted by atomic mass is 32.2. The number of rotatable bonds is 14. The lowest BCUT2D eigenvalue weighted by molar-refractivity contribution is -0.140. The largest absolute Gasteiger partial charge is 0.480 e. The van der Waals surface area contributed by atoms with Gasteiger partial charge in [-0.05, 0) is 53.4 Å². The van der Waals surface area contributed by atoms with Crippen LogP contribution >= 0.6 is 11.8 Å². The molecule has 1 atom stereocenters. The number of amides is 1. The van der Waals surface area contributed by atoms with E-state index in [4.69, 9.17) is 5.11 Å². The molecule has 0 aliphatic rings. The van der Waals surface area contributed by atoms with Crippen molar-refractivity contribution in [3.05, 3.63) is 47.1 Å². The summed E-state index contributed by atoms with van der Waals surface area (Å²) in [6.45, 7) is 8.42. The van der Waals surface area contributed by atoms with Crippen molar-refractivity contribution in [3.8, 4) is 0 Å². The van der Waals surface area contributed by atoms with Crippen molar-refractivity contribution >= 4 is 29.6 Å². The van der Waals surface area contributed by atoms with Crippen LogP contribution in [0.5, 0.6) is 0 Å². The SMILES string of the molecule is CC(C)=CCC/C(C)=C/CC/C(C)=C/CSCC(NC(=O)/C=C/C(=O)O)C(=O)O. The van der Waals surface area contributed by atoms with Crippen LogP contribution in [0, 0.1) is 0 Å². The zero-order valence-corrected chi connectivity index (χ0v) is 18.6. The first-order valence-corrected chi connectivity index (χ1v) is 10.7. The van der Waals surface area contributed by atoms with Crippen molar-refractivity contribution < 1.29 is 24.6 Å². The molecule has 162 valence electrons. The van der Waals surface area contributed by atoms with E-state index in [-0.39, 0.29) is 5.75 Å². The molecule has 0 rings (SSSR count). The van der Waals surface area contributed by atoms with Gasteiger partial charge in [-0.3, -0.25) is 4.79 Å². The molecule has 0 radical (unpaired) electrons. The summed E-state index contributed by atoms with van der Waals surface area (Å²) >= 11 is 1.40. The number of thioether (sulfide) groups is 1. The number of aliphatic carboxylic acids is 2. The molecule has 0 saturated carbocycles. The molecule has 6 nitrogen and oxygen atoms in total. The highest BCUT2D eigenvalue weighted by Gasteiger charge is 2.18. The molecule has 0 bridgehead atoms. The maximum atomic E-state index is 11.5. The van der Waals surface area contributed by atoms with Crippen LogP contribution in [0.1, 0.15) is 53.4 Å². The van der Waals surface area contributed by atoms with Gasteiger partial charge < -0.3 is 15.5 Å². The molecule has 0 aromatic rings. The Kier molecular flexibility index (Phi) is 14.4. The van der Waals surface area contributed by atoms with Gasteiger partial charge in [-0.2, -0.15) is 11.8 Å². The topological polar surface area (TPSA) is 104 Å². The molecule has 3 N–H and O–H groups in total. The third-order valence-electron chi connectivity index (χ3n) is 3.95. The van der Waals surface area contributed by atoms with Crippen molar-refractivity contribution in [1.82, 2.24) is 5.32 Å². The molecule has 0 spiro atoms. The fourth-order valence-electron chi connectivity index (χ4n) is 2.27. The number of carbonyl (C=O) groups excluding carboxylic acids is 1. The minimum atomic E-state index is -1.26. The van der Waals surface area contributed by atoms with Crippen LogP contribution < -0.4 is 5.32 Å². The second-order valence-corrected chi connectivity index (χ2v) is 8.14. The van der Waals surface area contributed by atoms with Gasteiger partial charge in [0.05, 0.1) is 0 Å². The molecule has 0 aromatic heterocycles. The second-order valence-electron chi connectivity index (χ2n) is 7.07. The molecule has 0 aromatic carbocycles. The van der Waals surface area contributed by atoms with Crippen LogP contribution in [0.15, 0.2) is 47.1 Å². The van der Waals surface area contributed by atoms with E-state index in [0.29, 0.717) is 11.8 Å². The van der Waals surface area contributed by atoms with Crippen molar-refractivity contribution in [2.75, 3.05) is 11.5 Å². The maximum absolute atomic E-state index is 11.5. The Balaban J connectivity index is 4.27. The monoisotopic (exact) mass is 423 g/mol. The molecule has 0 heterocycles. The van der Waals surface area contributed by atoms with Crippen LogP contribution in [0.4, 0.5) is 0 Å². The van der Waals surface area contributed by atoms with E-state index < -0.39 is 23.9 Å². The summed E-state index contributed by atoms with van der Waals surface area (Å²) in [5, 5.41) is 19.9. The lowest BCUT2D eigenvalue weighted by atomic mass is 10.1. The van der Waals surface area contributed by atoms with Crippen LogP contribution in [0.2, 0.25) is 0 Å². The standard InChI is InChI=1S/C22H33NO5S/c1-16(2)7-5-8-17(3)9-6-10-18(4)13-14-29-15-19(22(27)28)23-20(24)11-12-21(25)26/h7,9,11-13,19H,5-6,8,10,14-15H2,1-4H3,(H,23,24)(H,25,26)(H,27,28)/b12-11+,17-9+,18-13+. The highest BCUT2D eigenvalue weighted by Crippen LogP contribution is 2.13. The third kappa shape index (κ3) is 16.4. The van der Waals surface area contributed by atoms with Gasteiger partial charge in [0, 0.05) is 23.7 Å². The molecule has 0 aliphatic heterocycles. The number of nitrogens with one attached hydrogen (secondary N) is 1. The number of hydrogen-bond acceptors (Lipinski definition) is 4. The van der Waals surface area contributed by atoms with E-state index in [1.165, 1.54) is 28.5 Å². The Morgan fingerprint density at radius 1 is 0.897 bits per heavy atom. The van der Waals surface area contributed by atoms with Crippen molar-refractivity contribution in [2.24, 2.45) is 0 Å². The van der Waals surface area contributed by atoms with Crippen LogP contribution in [0.3, 0.4) is 0 Å². The molecule has 0 fully saturated rings. The third-order valence-corrected chi connectivity index (χ3v) is 4.92. The summed E-state index contributed by atoms with van der Waals surface area (Å²) in [6, 6.07) is -1.06. The summed E-state index contributed by atoms with van der Waals surface area (Å²) in [7, 11) is 0. The van der Waals surface area contributed by atoms with Crippen LogP contribution in [0.25, 0.3) is 0 Å². The fourth-order valence-corrected chi connectivity index (χ4v) is 3.27. The molecule has 7 heteroatoms. The van der Waals surface area contributed by atoms with Gasteiger partial charge in [0.2, 0.25) is 5.91 Å². The first-order chi connectivity index (χ1) is 13.6. The zero-order chi connectivity index (χ0) is 22.2. The molecular weight excluding hydrogens is 390 g/mol. The van der Waals surface area contributed by atoms with Gasteiger partial charge in [-0.15, -0.1) is 0 Å². The second kappa shape index (κ2) is 15.6. The van der Waals surface area contributed by atoms with Crippen molar-refractivity contribution in [2.45, 2.75) is 59.4 Å². The zero-order valence-electron chi connectivity index (χ0n) is 17.7. The predicted octanol–water partition coefficient (Wildman–Crippen LogP) is 4.35. The van der Waals surface area contributed by atoms with E-state index in [1.54, 1.807) is 0 Å². The van der Waals surface area contributed by atoms with Gasteiger partial charge in [-0.25, -0.2) is 9.59 Å². The summed E-state index contributed by atoms with van der Waals surface area (Å²) in [5.41, 5.74) is 3.98. The Hall–Kier alpha value is -2.28. The molecule has 0 saturated heterocycles. The fraction of sp³-hybridized carbons (Fsp3) is 0.500. The minimum Gasteiger partial charge on any atom is -0.480 e. The minimum absolute atomic E-state index is 0.204. The van der Waals surface area contributed by atoms with E-state index in [9.17, 15) is 19.5 Å². The average molecular weight is 424 g/mol. The Morgan fingerprint density at radius 3 is 2.03 bits per heavy atom. The molecule has 1 amide bonds. The quantitative estimate of drug-likeness (QED) is 0.218. The smallest absolute Gasteiger partial charge is 0.328 e. The Bertz CT molecular complexity index is 673. The highest BCUT2D eigenvalue weighted by molar-refractivity contribution is 7.99. The lowest BCUT2D eigenvalue weighted by Crippen LogP contribution is -2.42. The first kappa shape index (κ1) is 26.7. The molecular formula is C22H33NO5S. The molecule has 0 aliphatic carbocycles. The number of carbonyl (C=O) groups is 3. The van der Waals surface area contributed by atoms with Gasteiger partial charge >= 0.3 is 11.9 Å². The molecule has 29 heavy (non-hydrogen) atoms. The summed E-state index contributed by atoms with van der Waals surface area (Å²) in [5.74, 6) is -2.29. The van der Waals surface area contributed by atoms with Gasteiger partial charge in [0.15, 0.2) is 0 Å².